The Bertz CT molecular complexity index is 1260. The third-order valence-corrected chi connectivity index (χ3v) is 4.22. The van der Waals surface area contributed by atoms with Gasteiger partial charge in [0, 0.05) is 29.5 Å². The van der Waals surface area contributed by atoms with Crippen molar-refractivity contribution in [3.8, 4) is 0 Å². The summed E-state index contributed by atoms with van der Waals surface area (Å²) in [6.45, 7) is 1.83. The summed E-state index contributed by atoms with van der Waals surface area (Å²) in [6, 6.07) is 10.8. The Morgan fingerprint density at radius 1 is 1.04 bits per heavy atom. The maximum atomic E-state index is 12.5. The van der Waals surface area contributed by atoms with Crippen LogP contribution in [-0.4, -0.2) is 26.2 Å². The zero-order chi connectivity index (χ0) is 19.0. The number of carbonyl (C=O) groups is 2. The van der Waals surface area contributed by atoms with Crippen molar-refractivity contribution in [1.29, 1.82) is 0 Å². The van der Waals surface area contributed by atoms with Crippen molar-refractivity contribution in [2.24, 2.45) is 0 Å². The number of amides is 2. The molecule has 134 valence electrons. The number of nitrogens with one attached hydrogen (secondary N) is 3. The van der Waals surface area contributed by atoms with E-state index in [4.69, 9.17) is 0 Å². The van der Waals surface area contributed by atoms with Crippen LogP contribution in [0.15, 0.2) is 59.8 Å². The van der Waals surface area contributed by atoms with Gasteiger partial charge >= 0.3 is 0 Å². The predicted molar refractivity (Wildman–Crippen MR) is 99.4 cm³/mol. The Labute approximate surface area is 152 Å². The van der Waals surface area contributed by atoms with Gasteiger partial charge in [-0.3, -0.25) is 29.6 Å². The fraction of sp³-hybridized carbons (Fsp3) is 0.0526. The normalized spacial score (nSPS) is 10.9. The van der Waals surface area contributed by atoms with Gasteiger partial charge < -0.3 is 4.98 Å². The fourth-order valence-electron chi connectivity index (χ4n) is 2.85. The van der Waals surface area contributed by atoms with Crippen molar-refractivity contribution in [3.63, 3.8) is 0 Å². The summed E-state index contributed by atoms with van der Waals surface area (Å²) in [5.74, 6) is -1.23. The molecule has 0 spiro atoms. The highest BCUT2D eigenvalue weighted by molar-refractivity contribution is 6.07. The van der Waals surface area contributed by atoms with Crippen LogP contribution in [0.5, 0.6) is 0 Å². The Hall–Kier alpha value is -3.94. The van der Waals surface area contributed by atoms with Gasteiger partial charge in [0.25, 0.3) is 17.4 Å². The number of para-hydroxylation sites is 1. The van der Waals surface area contributed by atoms with Gasteiger partial charge in [-0.25, -0.2) is 4.98 Å². The van der Waals surface area contributed by atoms with E-state index < -0.39 is 17.4 Å². The molecule has 2 amide bonds. The van der Waals surface area contributed by atoms with Gasteiger partial charge in [0.15, 0.2) is 0 Å². The molecule has 0 fully saturated rings. The number of nitrogens with zero attached hydrogens (tertiary/aromatic N) is 2. The summed E-state index contributed by atoms with van der Waals surface area (Å²) in [4.78, 5) is 44.3. The summed E-state index contributed by atoms with van der Waals surface area (Å²) in [5.41, 5.74) is 6.40. The quantitative estimate of drug-likeness (QED) is 0.471. The largest absolute Gasteiger partial charge is 0.360 e. The van der Waals surface area contributed by atoms with E-state index in [9.17, 15) is 14.4 Å². The van der Waals surface area contributed by atoms with Gasteiger partial charge in [-0.1, -0.05) is 24.3 Å². The Morgan fingerprint density at radius 2 is 1.78 bits per heavy atom. The molecule has 0 radical (unpaired) electrons. The zero-order valence-electron chi connectivity index (χ0n) is 14.3. The Morgan fingerprint density at radius 3 is 2.59 bits per heavy atom. The number of fused-ring (bicyclic) bond motifs is 2. The lowest BCUT2D eigenvalue weighted by Gasteiger charge is -2.08. The molecule has 4 aromatic rings. The number of hydrogen-bond acceptors (Lipinski definition) is 4. The van der Waals surface area contributed by atoms with E-state index >= 15 is 0 Å². The van der Waals surface area contributed by atoms with Crippen molar-refractivity contribution in [3.05, 3.63) is 82.0 Å². The van der Waals surface area contributed by atoms with Crippen molar-refractivity contribution >= 4 is 28.4 Å². The summed E-state index contributed by atoms with van der Waals surface area (Å²) in [6.07, 6.45) is 4.35. The minimum absolute atomic E-state index is 0.169. The molecule has 0 saturated carbocycles. The van der Waals surface area contributed by atoms with Crippen LogP contribution in [0.25, 0.3) is 16.6 Å². The first-order chi connectivity index (χ1) is 13.0. The van der Waals surface area contributed by atoms with E-state index in [1.54, 1.807) is 24.5 Å². The zero-order valence-corrected chi connectivity index (χ0v) is 14.3. The molecule has 0 unspecified atom stereocenters. The fourth-order valence-corrected chi connectivity index (χ4v) is 2.85. The van der Waals surface area contributed by atoms with E-state index in [1.807, 2.05) is 31.2 Å². The average molecular weight is 361 g/mol. The Kier molecular flexibility index (Phi) is 3.92. The molecule has 3 aromatic heterocycles. The number of aryl methyl sites for hydroxylation is 1. The molecular formula is C19H15N5O3. The summed E-state index contributed by atoms with van der Waals surface area (Å²) in [5, 5.41) is 0.729. The standard InChI is InChI=1S/C19H15N5O3/c1-11-6-7-16-21-9-14(19(27)24(16)10-11)18(26)23-22-17(25)13-8-20-15-5-3-2-4-12(13)15/h2-10,20H,1H3,(H,22,25)(H,23,26). The van der Waals surface area contributed by atoms with E-state index in [0.29, 0.717) is 11.2 Å². The topological polar surface area (TPSA) is 108 Å². The number of hydrazine groups is 1. The summed E-state index contributed by atoms with van der Waals surface area (Å²) in [7, 11) is 0. The summed E-state index contributed by atoms with van der Waals surface area (Å²) >= 11 is 0. The number of rotatable bonds is 2. The molecule has 8 heteroatoms. The highest BCUT2D eigenvalue weighted by Gasteiger charge is 2.16. The van der Waals surface area contributed by atoms with Crippen LogP contribution in [0, 0.1) is 6.92 Å². The van der Waals surface area contributed by atoms with Gasteiger partial charge in [0.05, 0.1) is 5.56 Å². The molecule has 0 aliphatic rings. The molecule has 3 heterocycles. The lowest BCUT2D eigenvalue weighted by atomic mass is 10.2. The minimum Gasteiger partial charge on any atom is -0.360 e. The van der Waals surface area contributed by atoms with Crippen LogP contribution < -0.4 is 16.4 Å². The molecule has 0 saturated heterocycles. The molecule has 3 N–H and O–H groups in total. The monoisotopic (exact) mass is 361 g/mol. The van der Waals surface area contributed by atoms with Crippen LogP contribution in [0.4, 0.5) is 0 Å². The molecule has 8 nitrogen and oxygen atoms in total. The van der Waals surface area contributed by atoms with Crippen molar-refractivity contribution < 1.29 is 9.59 Å². The summed E-state index contributed by atoms with van der Waals surface area (Å²) < 4.78 is 1.30. The van der Waals surface area contributed by atoms with E-state index in [0.717, 1.165) is 16.5 Å². The lowest BCUT2D eigenvalue weighted by Crippen LogP contribution is -2.43. The first kappa shape index (κ1) is 16.5. The lowest BCUT2D eigenvalue weighted by molar-refractivity contribution is 0.0846. The minimum atomic E-state index is -0.739. The van der Waals surface area contributed by atoms with E-state index in [-0.39, 0.29) is 5.56 Å². The van der Waals surface area contributed by atoms with Crippen LogP contribution >= 0.6 is 0 Å². The highest BCUT2D eigenvalue weighted by Crippen LogP contribution is 2.17. The maximum absolute atomic E-state index is 12.5. The predicted octanol–water partition coefficient (Wildman–Crippen LogP) is 1.56. The smallest absolute Gasteiger partial charge is 0.276 e. The van der Waals surface area contributed by atoms with Crippen LogP contribution in [0.3, 0.4) is 0 Å². The van der Waals surface area contributed by atoms with Crippen molar-refractivity contribution in [2.75, 3.05) is 0 Å². The van der Waals surface area contributed by atoms with Gasteiger partial charge in [-0.05, 0) is 24.6 Å². The van der Waals surface area contributed by atoms with Crippen molar-refractivity contribution in [2.45, 2.75) is 6.92 Å². The Balaban J connectivity index is 1.56. The molecular weight excluding hydrogens is 346 g/mol. The molecule has 0 aliphatic heterocycles. The van der Waals surface area contributed by atoms with E-state index in [1.165, 1.54) is 10.6 Å². The number of pyridine rings is 1. The number of aromatic amines is 1. The molecule has 0 bridgehead atoms. The third-order valence-electron chi connectivity index (χ3n) is 4.22. The number of hydrogen-bond donors (Lipinski definition) is 3. The number of benzene rings is 1. The van der Waals surface area contributed by atoms with Gasteiger partial charge in [0.2, 0.25) is 0 Å². The maximum Gasteiger partial charge on any atom is 0.276 e. The third kappa shape index (κ3) is 2.93. The number of H-pyrrole nitrogens is 1. The first-order valence-corrected chi connectivity index (χ1v) is 8.19. The average Bonchev–Trinajstić information content (AvgIpc) is 3.11. The second-order valence-electron chi connectivity index (χ2n) is 6.07. The number of aromatic nitrogens is 3. The molecule has 27 heavy (non-hydrogen) atoms. The van der Waals surface area contributed by atoms with Gasteiger partial charge in [-0.2, -0.15) is 0 Å². The van der Waals surface area contributed by atoms with Crippen LogP contribution in [-0.2, 0) is 0 Å². The molecule has 1 aromatic carbocycles. The van der Waals surface area contributed by atoms with Crippen molar-refractivity contribution in [1.82, 2.24) is 25.2 Å². The van der Waals surface area contributed by atoms with Crippen LogP contribution in [0.1, 0.15) is 26.3 Å². The molecule has 0 aliphatic carbocycles. The SMILES string of the molecule is Cc1ccc2ncc(C(=O)NNC(=O)c3c[nH]c4ccccc34)c(=O)n2c1. The van der Waals surface area contributed by atoms with Gasteiger partial charge in [-0.15, -0.1) is 0 Å². The van der Waals surface area contributed by atoms with E-state index in [2.05, 4.69) is 20.8 Å². The number of carbonyl (C=O) groups excluding carboxylic acids is 2. The van der Waals surface area contributed by atoms with Crippen LogP contribution in [0.2, 0.25) is 0 Å². The molecule has 4 rings (SSSR count). The second-order valence-corrected chi connectivity index (χ2v) is 6.07. The highest BCUT2D eigenvalue weighted by atomic mass is 16.2. The second kappa shape index (κ2) is 6.41. The molecule has 0 atom stereocenters. The van der Waals surface area contributed by atoms with Gasteiger partial charge in [0.1, 0.15) is 11.2 Å². The first-order valence-electron chi connectivity index (χ1n) is 8.19.